The summed E-state index contributed by atoms with van der Waals surface area (Å²) >= 11 is 0. The van der Waals surface area contributed by atoms with Crippen LogP contribution in [0.1, 0.15) is 42.0 Å². The van der Waals surface area contributed by atoms with Crippen LogP contribution in [-0.4, -0.2) is 42.9 Å². The normalized spacial score (nSPS) is 22.0. The Morgan fingerprint density at radius 2 is 2.00 bits per heavy atom. The molecule has 174 valence electrons. The van der Waals surface area contributed by atoms with E-state index in [4.69, 9.17) is 0 Å². The van der Waals surface area contributed by atoms with Gasteiger partial charge in [0.15, 0.2) is 0 Å². The van der Waals surface area contributed by atoms with Crippen LogP contribution in [0.15, 0.2) is 36.4 Å². The second-order valence-electron chi connectivity index (χ2n) is 8.86. The molecule has 3 N–H and O–H groups in total. The molecule has 0 aromatic heterocycles. The molecule has 0 fully saturated rings. The van der Waals surface area contributed by atoms with Crippen LogP contribution in [0.3, 0.4) is 0 Å². The molecule has 2 aliphatic heterocycles. The standard InChI is InChI=1S/C25H29FN4O3/c1-13-8-9-18(26)10-17(13)12-28-24(32)20-11-16-6-5-7-19-14(2)21(25(33)30(20)22(16)19)29-23(31)15(3)27-4/h5-10,14-15,20-21,27H,11-12H2,1-4H3,(H,28,32)(H,29,31). The summed E-state index contributed by atoms with van der Waals surface area (Å²) < 4.78 is 13.6. The highest BCUT2D eigenvalue weighted by molar-refractivity contribution is 6.09. The van der Waals surface area contributed by atoms with E-state index in [9.17, 15) is 18.8 Å². The van der Waals surface area contributed by atoms with Gasteiger partial charge in [-0.1, -0.05) is 31.2 Å². The summed E-state index contributed by atoms with van der Waals surface area (Å²) in [5.41, 5.74) is 4.19. The largest absolute Gasteiger partial charge is 0.350 e. The summed E-state index contributed by atoms with van der Waals surface area (Å²) in [6.07, 6.45) is 0.392. The van der Waals surface area contributed by atoms with Crippen molar-refractivity contribution in [2.24, 2.45) is 0 Å². The van der Waals surface area contributed by atoms with Gasteiger partial charge in [0.25, 0.3) is 5.91 Å². The first-order valence-corrected chi connectivity index (χ1v) is 11.2. The predicted molar refractivity (Wildman–Crippen MR) is 123 cm³/mol. The summed E-state index contributed by atoms with van der Waals surface area (Å²) in [6, 6.07) is 8.30. The van der Waals surface area contributed by atoms with E-state index in [0.717, 1.165) is 22.4 Å². The van der Waals surface area contributed by atoms with E-state index in [1.54, 1.807) is 20.0 Å². The molecule has 2 aromatic carbocycles. The van der Waals surface area contributed by atoms with Crippen LogP contribution >= 0.6 is 0 Å². The predicted octanol–water partition coefficient (Wildman–Crippen LogP) is 1.92. The van der Waals surface area contributed by atoms with Crippen molar-refractivity contribution in [3.05, 3.63) is 64.5 Å². The Hall–Kier alpha value is -3.26. The highest BCUT2D eigenvalue weighted by Gasteiger charge is 2.48. The van der Waals surface area contributed by atoms with Crippen molar-refractivity contribution in [2.45, 2.75) is 57.8 Å². The third-order valence-electron chi connectivity index (χ3n) is 6.80. The fourth-order valence-electron chi connectivity index (χ4n) is 4.64. The molecule has 0 radical (unpaired) electrons. The summed E-state index contributed by atoms with van der Waals surface area (Å²) in [7, 11) is 1.68. The molecule has 0 bridgehead atoms. The van der Waals surface area contributed by atoms with Gasteiger partial charge >= 0.3 is 0 Å². The Kier molecular flexibility index (Phi) is 6.21. The molecule has 2 aliphatic rings. The van der Waals surface area contributed by atoms with Crippen molar-refractivity contribution < 1.29 is 18.8 Å². The van der Waals surface area contributed by atoms with Crippen molar-refractivity contribution in [3.63, 3.8) is 0 Å². The minimum atomic E-state index is -0.769. The quantitative estimate of drug-likeness (QED) is 0.625. The maximum atomic E-state index is 13.6. The first kappa shape index (κ1) is 22.9. The molecular formula is C25H29FN4O3. The zero-order valence-corrected chi connectivity index (χ0v) is 19.2. The average Bonchev–Trinajstić information content (AvgIpc) is 3.20. The Bertz CT molecular complexity index is 1120. The monoisotopic (exact) mass is 452 g/mol. The summed E-state index contributed by atoms with van der Waals surface area (Å²) in [5, 5.41) is 8.61. The van der Waals surface area contributed by atoms with Crippen LogP contribution < -0.4 is 20.9 Å². The second kappa shape index (κ2) is 8.94. The molecule has 0 aliphatic carbocycles. The number of amides is 3. The first-order chi connectivity index (χ1) is 15.7. The number of likely N-dealkylation sites (N-methyl/N-ethyl adjacent to an activating group) is 1. The maximum absolute atomic E-state index is 13.6. The number of halogens is 1. The Morgan fingerprint density at radius 3 is 2.73 bits per heavy atom. The van der Waals surface area contributed by atoms with Crippen LogP contribution in [0.2, 0.25) is 0 Å². The Morgan fingerprint density at radius 1 is 1.24 bits per heavy atom. The van der Waals surface area contributed by atoms with E-state index in [1.165, 1.54) is 17.0 Å². The number of nitrogens with one attached hydrogen (secondary N) is 3. The minimum absolute atomic E-state index is 0.167. The third-order valence-corrected chi connectivity index (χ3v) is 6.80. The van der Waals surface area contributed by atoms with E-state index in [0.29, 0.717) is 12.0 Å². The van der Waals surface area contributed by atoms with Gasteiger partial charge in [0.1, 0.15) is 17.9 Å². The van der Waals surface area contributed by atoms with Gasteiger partial charge in [-0.15, -0.1) is 0 Å². The van der Waals surface area contributed by atoms with Gasteiger partial charge in [-0.3, -0.25) is 19.3 Å². The van der Waals surface area contributed by atoms with Gasteiger partial charge in [0.05, 0.1) is 11.7 Å². The zero-order chi connectivity index (χ0) is 23.9. The molecule has 0 spiro atoms. The van der Waals surface area contributed by atoms with Gasteiger partial charge in [-0.05, 0) is 55.3 Å². The van der Waals surface area contributed by atoms with Crippen molar-refractivity contribution in [3.8, 4) is 0 Å². The topological polar surface area (TPSA) is 90.5 Å². The van der Waals surface area contributed by atoms with Crippen molar-refractivity contribution >= 4 is 23.4 Å². The van der Waals surface area contributed by atoms with Crippen molar-refractivity contribution in [1.29, 1.82) is 0 Å². The number of para-hydroxylation sites is 1. The lowest BCUT2D eigenvalue weighted by molar-refractivity contribution is -0.130. The van der Waals surface area contributed by atoms with Crippen LogP contribution in [0.5, 0.6) is 0 Å². The van der Waals surface area contributed by atoms with Gasteiger partial charge in [-0.25, -0.2) is 4.39 Å². The van der Waals surface area contributed by atoms with Crippen LogP contribution in [-0.2, 0) is 27.3 Å². The molecule has 4 rings (SSSR count). The lowest BCUT2D eigenvalue weighted by atomic mass is 9.86. The van der Waals surface area contributed by atoms with Crippen LogP contribution in [0, 0.1) is 12.7 Å². The number of aryl methyl sites for hydroxylation is 1. The zero-order valence-electron chi connectivity index (χ0n) is 19.2. The number of rotatable bonds is 6. The SMILES string of the molecule is CNC(C)C(=O)NC1C(=O)N2c3c(cccc3C1C)CC2C(=O)NCc1cc(F)ccc1C. The molecule has 4 atom stereocenters. The number of carbonyl (C=O) groups is 3. The minimum Gasteiger partial charge on any atom is -0.350 e. The summed E-state index contributed by atoms with van der Waals surface area (Å²) in [5.74, 6) is -1.47. The van der Waals surface area contributed by atoms with Gasteiger partial charge in [0, 0.05) is 18.9 Å². The fourth-order valence-corrected chi connectivity index (χ4v) is 4.64. The third kappa shape index (κ3) is 4.11. The van der Waals surface area contributed by atoms with E-state index >= 15 is 0 Å². The highest BCUT2D eigenvalue weighted by Crippen LogP contribution is 2.44. The van der Waals surface area contributed by atoms with E-state index in [-0.39, 0.29) is 36.0 Å². The van der Waals surface area contributed by atoms with Crippen LogP contribution in [0.25, 0.3) is 0 Å². The van der Waals surface area contributed by atoms with Gasteiger partial charge in [-0.2, -0.15) is 0 Å². The van der Waals surface area contributed by atoms with E-state index in [1.807, 2.05) is 32.0 Å². The number of carbonyl (C=O) groups excluding carboxylic acids is 3. The van der Waals surface area contributed by atoms with E-state index < -0.39 is 18.1 Å². The lowest BCUT2D eigenvalue weighted by Gasteiger charge is -2.38. The molecule has 33 heavy (non-hydrogen) atoms. The molecule has 0 saturated carbocycles. The number of nitrogens with zero attached hydrogens (tertiary/aromatic N) is 1. The van der Waals surface area contributed by atoms with Crippen molar-refractivity contribution in [2.75, 3.05) is 11.9 Å². The van der Waals surface area contributed by atoms with Crippen molar-refractivity contribution in [1.82, 2.24) is 16.0 Å². The molecule has 8 heteroatoms. The Balaban J connectivity index is 1.59. The molecule has 2 aromatic rings. The molecule has 7 nitrogen and oxygen atoms in total. The lowest BCUT2D eigenvalue weighted by Crippen LogP contribution is -2.60. The molecule has 0 saturated heterocycles. The van der Waals surface area contributed by atoms with Gasteiger partial charge in [0.2, 0.25) is 11.8 Å². The molecular weight excluding hydrogens is 423 g/mol. The maximum Gasteiger partial charge on any atom is 0.250 e. The molecule has 3 amide bonds. The number of hydrogen-bond donors (Lipinski definition) is 3. The first-order valence-electron chi connectivity index (χ1n) is 11.2. The smallest absolute Gasteiger partial charge is 0.250 e. The molecule has 4 unspecified atom stereocenters. The fraction of sp³-hybridized carbons (Fsp3) is 0.400. The number of anilines is 1. The van der Waals surface area contributed by atoms with E-state index in [2.05, 4.69) is 16.0 Å². The highest BCUT2D eigenvalue weighted by atomic mass is 19.1. The number of hydrogen-bond acceptors (Lipinski definition) is 4. The van der Waals surface area contributed by atoms with Crippen LogP contribution in [0.4, 0.5) is 10.1 Å². The molecule has 2 heterocycles. The average molecular weight is 453 g/mol. The summed E-state index contributed by atoms with van der Waals surface area (Å²) in [6.45, 7) is 5.66. The number of benzene rings is 2. The second-order valence-corrected chi connectivity index (χ2v) is 8.86. The Labute approximate surface area is 192 Å². The van der Waals surface area contributed by atoms with Gasteiger partial charge < -0.3 is 16.0 Å². The summed E-state index contributed by atoms with van der Waals surface area (Å²) in [4.78, 5) is 40.8.